The molecule has 0 radical (unpaired) electrons. The number of alkyl halides is 1. The van der Waals surface area contributed by atoms with Gasteiger partial charge in [-0.3, -0.25) is 4.79 Å². The molecule has 0 N–H and O–H groups in total. The van der Waals surface area contributed by atoms with Gasteiger partial charge in [-0.15, -0.1) is 11.6 Å². The third-order valence-electron chi connectivity index (χ3n) is 2.91. The first-order valence-corrected chi connectivity index (χ1v) is 6.37. The molecular formula is C13H16ClNO2. The quantitative estimate of drug-likeness (QED) is 0.593. The average molecular weight is 254 g/mol. The predicted octanol–water partition coefficient (Wildman–Crippen LogP) is 1.94. The van der Waals surface area contributed by atoms with Crippen molar-refractivity contribution in [1.82, 2.24) is 4.90 Å². The number of fused-ring (bicyclic) bond motifs is 1. The molecule has 1 amide bonds. The van der Waals surface area contributed by atoms with Gasteiger partial charge in [0, 0.05) is 24.5 Å². The summed E-state index contributed by atoms with van der Waals surface area (Å²) < 4.78 is 5.30. The highest BCUT2D eigenvalue weighted by atomic mass is 35.5. The number of nitrogens with zero attached hydrogens (tertiary/aromatic N) is 1. The second kappa shape index (κ2) is 6.03. The normalized spacial score (nSPS) is 14.9. The molecule has 0 aliphatic carbocycles. The van der Waals surface area contributed by atoms with Gasteiger partial charge < -0.3 is 9.64 Å². The van der Waals surface area contributed by atoms with Gasteiger partial charge in [-0.25, -0.2) is 0 Å². The van der Waals surface area contributed by atoms with Crippen molar-refractivity contribution < 1.29 is 9.53 Å². The zero-order valence-electron chi connectivity index (χ0n) is 9.69. The molecule has 92 valence electrons. The number of hydrogen-bond acceptors (Lipinski definition) is 2. The molecule has 0 saturated heterocycles. The predicted molar refractivity (Wildman–Crippen MR) is 67.6 cm³/mol. The van der Waals surface area contributed by atoms with Crippen molar-refractivity contribution in [3.8, 4) is 0 Å². The second-order valence-corrected chi connectivity index (χ2v) is 4.38. The van der Waals surface area contributed by atoms with Crippen molar-refractivity contribution in [2.75, 3.05) is 32.2 Å². The third-order valence-corrected chi connectivity index (χ3v) is 3.07. The Morgan fingerprint density at radius 2 is 2.12 bits per heavy atom. The topological polar surface area (TPSA) is 29.5 Å². The maximum atomic E-state index is 12.1. The van der Waals surface area contributed by atoms with E-state index in [0.29, 0.717) is 25.6 Å². The van der Waals surface area contributed by atoms with E-state index >= 15 is 0 Å². The van der Waals surface area contributed by atoms with Crippen LogP contribution in [-0.4, -0.2) is 43.0 Å². The first-order valence-electron chi connectivity index (χ1n) is 5.84. The van der Waals surface area contributed by atoms with Crippen LogP contribution in [0.25, 0.3) is 0 Å². The summed E-state index contributed by atoms with van der Waals surface area (Å²) in [6.07, 6.45) is 0.928. The number of halogens is 1. The van der Waals surface area contributed by atoms with Gasteiger partial charge in [0.1, 0.15) is 0 Å². The highest BCUT2D eigenvalue weighted by molar-refractivity contribution is 6.17. The molecule has 2 rings (SSSR count). The minimum Gasteiger partial charge on any atom is -0.378 e. The fourth-order valence-corrected chi connectivity index (χ4v) is 2.13. The van der Waals surface area contributed by atoms with E-state index in [9.17, 15) is 4.79 Å². The Morgan fingerprint density at radius 3 is 2.94 bits per heavy atom. The van der Waals surface area contributed by atoms with Crippen LogP contribution < -0.4 is 0 Å². The summed E-state index contributed by atoms with van der Waals surface area (Å²) in [4.78, 5) is 14.0. The number of rotatable bonds is 5. The smallest absolute Gasteiger partial charge is 0.254 e. The van der Waals surface area contributed by atoms with Gasteiger partial charge in [-0.05, 0) is 18.1 Å². The summed E-state index contributed by atoms with van der Waals surface area (Å²) in [6.45, 7) is 2.52. The summed E-state index contributed by atoms with van der Waals surface area (Å²) in [7, 11) is 0. The molecule has 0 aromatic heterocycles. The molecule has 0 saturated carbocycles. The van der Waals surface area contributed by atoms with E-state index in [0.717, 1.165) is 24.1 Å². The fraction of sp³-hybridized carbons (Fsp3) is 0.462. The monoisotopic (exact) mass is 253 g/mol. The van der Waals surface area contributed by atoms with Gasteiger partial charge in [0.25, 0.3) is 5.91 Å². The molecule has 4 heteroatoms. The lowest BCUT2D eigenvalue weighted by molar-refractivity contribution is 0.0643. The van der Waals surface area contributed by atoms with Gasteiger partial charge in [-0.1, -0.05) is 18.2 Å². The van der Waals surface area contributed by atoms with E-state index in [1.165, 1.54) is 0 Å². The number of ether oxygens (including phenoxy) is 1. The lowest BCUT2D eigenvalue weighted by Crippen LogP contribution is -2.39. The van der Waals surface area contributed by atoms with E-state index in [-0.39, 0.29) is 5.91 Å². The molecule has 1 aromatic rings. The Labute approximate surface area is 106 Å². The van der Waals surface area contributed by atoms with Gasteiger partial charge in [0.05, 0.1) is 13.2 Å². The number of amides is 1. The van der Waals surface area contributed by atoms with Crippen molar-refractivity contribution in [3.05, 3.63) is 35.4 Å². The third kappa shape index (κ3) is 2.99. The number of hydrogen-bond donors (Lipinski definition) is 0. The maximum Gasteiger partial charge on any atom is 0.254 e. The lowest BCUT2D eigenvalue weighted by atomic mass is 9.99. The first-order chi connectivity index (χ1) is 8.33. The molecule has 3 nitrogen and oxygen atoms in total. The van der Waals surface area contributed by atoms with E-state index in [4.69, 9.17) is 16.3 Å². The summed E-state index contributed by atoms with van der Waals surface area (Å²) in [5.41, 5.74) is 1.98. The lowest BCUT2D eigenvalue weighted by Gasteiger charge is -2.28. The average Bonchev–Trinajstić information content (AvgIpc) is 2.37. The second-order valence-electron chi connectivity index (χ2n) is 4.00. The van der Waals surface area contributed by atoms with E-state index in [2.05, 4.69) is 0 Å². The molecule has 0 atom stereocenters. The number of benzene rings is 1. The van der Waals surface area contributed by atoms with E-state index in [1.807, 2.05) is 29.2 Å². The van der Waals surface area contributed by atoms with Gasteiger partial charge in [-0.2, -0.15) is 0 Å². The van der Waals surface area contributed by atoms with Gasteiger partial charge in [0.15, 0.2) is 0 Å². The summed E-state index contributed by atoms with van der Waals surface area (Å²) in [6, 6.07) is 7.80. The van der Waals surface area contributed by atoms with Crippen molar-refractivity contribution >= 4 is 17.5 Å². The van der Waals surface area contributed by atoms with Crippen LogP contribution in [0.15, 0.2) is 24.3 Å². The Morgan fingerprint density at radius 1 is 1.29 bits per heavy atom. The standard InChI is InChI=1S/C13H16ClNO2/c14-6-9-17-10-8-15-7-5-11-3-1-2-4-12(11)13(15)16/h1-4H,5-10H2. The van der Waals surface area contributed by atoms with Gasteiger partial charge in [0.2, 0.25) is 0 Å². The minimum atomic E-state index is 0.112. The summed E-state index contributed by atoms with van der Waals surface area (Å²) in [5.74, 6) is 0.609. The summed E-state index contributed by atoms with van der Waals surface area (Å²) >= 11 is 5.51. The van der Waals surface area contributed by atoms with E-state index < -0.39 is 0 Å². The van der Waals surface area contributed by atoms with Crippen molar-refractivity contribution in [3.63, 3.8) is 0 Å². The van der Waals surface area contributed by atoms with Crippen molar-refractivity contribution in [2.45, 2.75) is 6.42 Å². The maximum absolute atomic E-state index is 12.1. The molecule has 1 heterocycles. The van der Waals surface area contributed by atoms with E-state index in [1.54, 1.807) is 0 Å². The molecule has 0 bridgehead atoms. The SMILES string of the molecule is O=C1c2ccccc2CCN1CCOCCCl. The molecule has 0 unspecified atom stereocenters. The Bertz CT molecular complexity index is 395. The Kier molecular flexibility index (Phi) is 4.40. The molecule has 0 fully saturated rings. The molecule has 1 aliphatic rings. The zero-order valence-corrected chi connectivity index (χ0v) is 10.4. The fourth-order valence-electron chi connectivity index (χ4n) is 2.02. The molecule has 0 spiro atoms. The Balaban J connectivity index is 1.93. The summed E-state index contributed by atoms with van der Waals surface area (Å²) in [5, 5.41) is 0. The van der Waals surface area contributed by atoms with Crippen LogP contribution in [0.5, 0.6) is 0 Å². The molecule has 1 aromatic carbocycles. The molecule has 17 heavy (non-hydrogen) atoms. The Hall–Kier alpha value is -1.06. The largest absolute Gasteiger partial charge is 0.378 e. The van der Waals surface area contributed by atoms with Crippen molar-refractivity contribution in [2.24, 2.45) is 0 Å². The highest BCUT2D eigenvalue weighted by Crippen LogP contribution is 2.18. The van der Waals surface area contributed by atoms with Crippen LogP contribution in [0.4, 0.5) is 0 Å². The van der Waals surface area contributed by atoms with Crippen LogP contribution in [0, 0.1) is 0 Å². The van der Waals surface area contributed by atoms with Crippen LogP contribution in [0.1, 0.15) is 15.9 Å². The van der Waals surface area contributed by atoms with Crippen LogP contribution in [0.2, 0.25) is 0 Å². The minimum absolute atomic E-state index is 0.112. The van der Waals surface area contributed by atoms with Crippen LogP contribution >= 0.6 is 11.6 Å². The van der Waals surface area contributed by atoms with Crippen molar-refractivity contribution in [1.29, 1.82) is 0 Å². The molecular weight excluding hydrogens is 238 g/mol. The van der Waals surface area contributed by atoms with Gasteiger partial charge >= 0.3 is 0 Å². The number of carbonyl (C=O) groups excluding carboxylic acids is 1. The highest BCUT2D eigenvalue weighted by Gasteiger charge is 2.23. The number of carbonyl (C=O) groups is 1. The van der Waals surface area contributed by atoms with Crippen LogP contribution in [0.3, 0.4) is 0 Å². The first kappa shape index (κ1) is 12.4. The zero-order chi connectivity index (χ0) is 12.1. The molecule has 1 aliphatic heterocycles. The van der Waals surface area contributed by atoms with Crippen LogP contribution in [-0.2, 0) is 11.2 Å².